The monoisotopic (exact) mass is 377 g/mol. The minimum Gasteiger partial charge on any atom is -0.451 e. The van der Waals surface area contributed by atoms with Crippen LogP contribution in [0.3, 0.4) is 0 Å². The molecule has 1 saturated heterocycles. The van der Waals surface area contributed by atoms with Gasteiger partial charge in [-0.3, -0.25) is 4.79 Å². The maximum absolute atomic E-state index is 12.4. The quantitative estimate of drug-likeness (QED) is 0.730. The standard InChI is InChI=1S/C14H16ClNO5S2/c15-12-4-3-11(22-12)14(18)21-7-13(17)16(9-1-2-9)10-5-6-23(19,20)8-10/h3-4,9-10H,1-2,5-8H2/t10-/m1/s1. The molecule has 1 aromatic heterocycles. The number of ether oxygens (including phenoxy) is 1. The van der Waals surface area contributed by atoms with Crippen LogP contribution in [0, 0.1) is 0 Å². The van der Waals surface area contributed by atoms with Crippen LogP contribution in [-0.4, -0.2) is 55.4 Å². The van der Waals surface area contributed by atoms with E-state index in [9.17, 15) is 18.0 Å². The Balaban J connectivity index is 1.60. The van der Waals surface area contributed by atoms with Crippen molar-refractivity contribution in [2.75, 3.05) is 18.1 Å². The second-order valence-electron chi connectivity index (χ2n) is 5.77. The number of amides is 1. The number of rotatable bonds is 5. The molecule has 23 heavy (non-hydrogen) atoms. The second kappa shape index (κ2) is 6.41. The molecule has 3 rings (SSSR count). The highest BCUT2D eigenvalue weighted by molar-refractivity contribution is 7.91. The van der Waals surface area contributed by atoms with Gasteiger partial charge in [-0.05, 0) is 31.4 Å². The van der Waals surface area contributed by atoms with E-state index in [4.69, 9.17) is 16.3 Å². The van der Waals surface area contributed by atoms with Gasteiger partial charge in [0.15, 0.2) is 16.4 Å². The number of hydrogen-bond acceptors (Lipinski definition) is 6. The number of nitrogens with zero attached hydrogens (tertiary/aromatic N) is 1. The van der Waals surface area contributed by atoms with E-state index < -0.39 is 15.8 Å². The fourth-order valence-corrected chi connectivity index (χ4v) is 5.40. The lowest BCUT2D eigenvalue weighted by Crippen LogP contribution is -2.44. The van der Waals surface area contributed by atoms with E-state index in [1.165, 1.54) is 0 Å². The highest BCUT2D eigenvalue weighted by Crippen LogP contribution is 2.32. The summed E-state index contributed by atoms with van der Waals surface area (Å²) >= 11 is 6.85. The smallest absolute Gasteiger partial charge is 0.348 e. The summed E-state index contributed by atoms with van der Waals surface area (Å²) in [5.41, 5.74) is 0. The van der Waals surface area contributed by atoms with Gasteiger partial charge in [0.25, 0.3) is 5.91 Å². The summed E-state index contributed by atoms with van der Waals surface area (Å²) in [6.07, 6.45) is 2.20. The summed E-state index contributed by atoms with van der Waals surface area (Å²) < 4.78 is 28.8. The van der Waals surface area contributed by atoms with Crippen molar-refractivity contribution in [3.05, 3.63) is 21.3 Å². The Hall–Kier alpha value is -1.12. The molecule has 126 valence electrons. The van der Waals surface area contributed by atoms with Crippen molar-refractivity contribution in [3.63, 3.8) is 0 Å². The molecule has 2 heterocycles. The molecule has 1 aliphatic carbocycles. The summed E-state index contributed by atoms with van der Waals surface area (Å²) in [6, 6.07) is 2.91. The fourth-order valence-electron chi connectivity index (χ4n) is 2.75. The molecule has 1 saturated carbocycles. The van der Waals surface area contributed by atoms with Crippen LogP contribution in [0.4, 0.5) is 0 Å². The summed E-state index contributed by atoms with van der Waals surface area (Å²) in [4.78, 5) is 26.2. The van der Waals surface area contributed by atoms with Crippen LogP contribution < -0.4 is 0 Å². The second-order valence-corrected chi connectivity index (χ2v) is 9.71. The highest BCUT2D eigenvalue weighted by atomic mass is 35.5. The molecule has 9 heteroatoms. The molecular formula is C14H16ClNO5S2. The van der Waals surface area contributed by atoms with Crippen LogP contribution in [0.25, 0.3) is 0 Å². The van der Waals surface area contributed by atoms with Gasteiger partial charge in [-0.15, -0.1) is 11.3 Å². The van der Waals surface area contributed by atoms with Gasteiger partial charge >= 0.3 is 5.97 Å². The molecule has 0 spiro atoms. The van der Waals surface area contributed by atoms with Crippen molar-refractivity contribution < 1.29 is 22.7 Å². The van der Waals surface area contributed by atoms with Gasteiger partial charge in [0, 0.05) is 12.1 Å². The van der Waals surface area contributed by atoms with E-state index in [1.807, 2.05) is 0 Å². The Morgan fingerprint density at radius 3 is 2.52 bits per heavy atom. The van der Waals surface area contributed by atoms with Crippen LogP contribution in [-0.2, 0) is 19.4 Å². The molecule has 0 N–H and O–H groups in total. The number of sulfone groups is 1. The Labute approximate surface area is 143 Å². The first kappa shape index (κ1) is 16.7. The number of thiophene rings is 1. The zero-order valence-corrected chi connectivity index (χ0v) is 14.6. The molecule has 6 nitrogen and oxygen atoms in total. The summed E-state index contributed by atoms with van der Waals surface area (Å²) in [7, 11) is -3.07. The van der Waals surface area contributed by atoms with Crippen molar-refractivity contribution in [1.29, 1.82) is 0 Å². The SMILES string of the molecule is O=C(OCC(=O)N(C1CC1)[C@@H]1CCS(=O)(=O)C1)c1ccc(Cl)s1. The topological polar surface area (TPSA) is 80.8 Å². The summed E-state index contributed by atoms with van der Waals surface area (Å²) in [6.45, 7) is -0.374. The maximum atomic E-state index is 12.4. The van der Waals surface area contributed by atoms with Crippen LogP contribution in [0.1, 0.15) is 28.9 Å². The third kappa shape index (κ3) is 4.05. The lowest BCUT2D eigenvalue weighted by molar-refractivity contribution is -0.137. The molecular weight excluding hydrogens is 362 g/mol. The first-order chi connectivity index (χ1) is 10.9. The van der Waals surface area contributed by atoms with Gasteiger partial charge in [-0.2, -0.15) is 0 Å². The number of hydrogen-bond donors (Lipinski definition) is 0. The van der Waals surface area contributed by atoms with Gasteiger partial charge < -0.3 is 9.64 Å². The largest absolute Gasteiger partial charge is 0.451 e. The number of esters is 1. The van der Waals surface area contributed by atoms with Gasteiger partial charge in [0.05, 0.1) is 15.8 Å². The molecule has 1 atom stereocenters. The third-order valence-corrected chi connectivity index (χ3v) is 6.89. The molecule has 1 aromatic rings. The van der Waals surface area contributed by atoms with E-state index >= 15 is 0 Å². The van der Waals surface area contributed by atoms with Crippen molar-refractivity contribution in [2.24, 2.45) is 0 Å². The minimum atomic E-state index is -3.07. The summed E-state index contributed by atoms with van der Waals surface area (Å²) in [5, 5.41) is 0. The van der Waals surface area contributed by atoms with E-state index in [-0.39, 0.29) is 36.1 Å². The minimum absolute atomic E-state index is 0.00369. The Bertz CT molecular complexity index is 725. The van der Waals surface area contributed by atoms with Crippen molar-refractivity contribution in [3.8, 4) is 0 Å². The van der Waals surface area contributed by atoms with Crippen molar-refractivity contribution >= 4 is 44.7 Å². The zero-order chi connectivity index (χ0) is 16.6. The van der Waals surface area contributed by atoms with Crippen LogP contribution in [0.2, 0.25) is 4.34 Å². The third-order valence-electron chi connectivity index (χ3n) is 3.93. The average molecular weight is 378 g/mol. The van der Waals surface area contributed by atoms with E-state index in [1.54, 1.807) is 17.0 Å². The van der Waals surface area contributed by atoms with Crippen LogP contribution in [0.5, 0.6) is 0 Å². The lowest BCUT2D eigenvalue weighted by Gasteiger charge is -2.28. The molecule has 0 unspecified atom stereocenters. The number of carbonyl (C=O) groups is 2. The highest BCUT2D eigenvalue weighted by Gasteiger charge is 2.42. The molecule has 1 amide bonds. The molecule has 2 aliphatic rings. The Morgan fingerprint density at radius 1 is 1.26 bits per heavy atom. The predicted molar refractivity (Wildman–Crippen MR) is 86.5 cm³/mol. The normalized spacial score (nSPS) is 22.7. The molecule has 0 aromatic carbocycles. The maximum Gasteiger partial charge on any atom is 0.348 e. The van der Waals surface area contributed by atoms with Gasteiger partial charge in [-0.1, -0.05) is 11.6 Å². The van der Waals surface area contributed by atoms with Crippen molar-refractivity contribution in [2.45, 2.75) is 31.3 Å². The molecule has 1 aliphatic heterocycles. The first-order valence-corrected chi connectivity index (χ1v) is 10.3. The fraction of sp³-hybridized carbons (Fsp3) is 0.571. The van der Waals surface area contributed by atoms with E-state index in [0.717, 1.165) is 24.2 Å². The summed E-state index contributed by atoms with van der Waals surface area (Å²) in [5.74, 6) is -0.804. The van der Waals surface area contributed by atoms with Crippen LogP contribution >= 0.6 is 22.9 Å². The molecule has 0 bridgehead atoms. The number of carbonyl (C=O) groups excluding carboxylic acids is 2. The van der Waals surface area contributed by atoms with E-state index in [0.29, 0.717) is 15.6 Å². The molecule has 2 fully saturated rings. The Kier molecular flexibility index (Phi) is 4.66. The van der Waals surface area contributed by atoms with Gasteiger partial charge in [0.2, 0.25) is 0 Å². The number of halogens is 1. The average Bonchev–Trinajstić information content (AvgIpc) is 3.11. The lowest BCUT2D eigenvalue weighted by atomic mass is 10.2. The van der Waals surface area contributed by atoms with E-state index in [2.05, 4.69) is 0 Å². The zero-order valence-electron chi connectivity index (χ0n) is 12.2. The Morgan fingerprint density at radius 2 is 2.00 bits per heavy atom. The van der Waals surface area contributed by atoms with Crippen molar-refractivity contribution in [1.82, 2.24) is 4.90 Å². The van der Waals surface area contributed by atoms with Gasteiger partial charge in [-0.25, -0.2) is 13.2 Å². The van der Waals surface area contributed by atoms with Gasteiger partial charge in [0.1, 0.15) is 4.88 Å². The predicted octanol–water partition coefficient (Wildman–Crippen LogP) is 1.74. The first-order valence-electron chi connectivity index (χ1n) is 7.30. The molecule has 0 radical (unpaired) electrons. The van der Waals surface area contributed by atoms with Crippen LogP contribution in [0.15, 0.2) is 12.1 Å².